The number of rotatable bonds is 3. The minimum atomic E-state index is 0.567. The molecule has 2 nitrogen and oxygen atoms in total. The zero-order valence-corrected chi connectivity index (χ0v) is 12.2. The second kappa shape index (κ2) is 4.88. The van der Waals surface area contributed by atoms with Gasteiger partial charge in [-0.2, -0.15) is 0 Å². The second-order valence-electron chi connectivity index (χ2n) is 4.18. The standard InChI is InChI=1S/C14H13BrN2S/c15-12-5-6-18-14(12)9-17-11(8-16)7-10-3-1-2-4-13(10)17/h1-7H,8-9,16H2. The van der Waals surface area contributed by atoms with Crippen molar-refractivity contribution in [3.8, 4) is 0 Å². The van der Waals surface area contributed by atoms with Crippen molar-refractivity contribution >= 4 is 38.2 Å². The second-order valence-corrected chi connectivity index (χ2v) is 6.03. The molecule has 0 radical (unpaired) electrons. The first-order valence-corrected chi connectivity index (χ1v) is 7.46. The third-order valence-corrected chi connectivity index (χ3v) is 5.01. The molecule has 0 spiro atoms. The van der Waals surface area contributed by atoms with Gasteiger partial charge in [0.15, 0.2) is 0 Å². The van der Waals surface area contributed by atoms with Crippen LogP contribution in [-0.2, 0) is 13.1 Å². The molecule has 0 amide bonds. The fourth-order valence-corrected chi connectivity index (χ4v) is 3.67. The average molecular weight is 321 g/mol. The Bertz CT molecular complexity index is 684. The zero-order valence-electron chi connectivity index (χ0n) is 9.77. The molecule has 0 aliphatic carbocycles. The molecule has 18 heavy (non-hydrogen) atoms. The van der Waals surface area contributed by atoms with Crippen LogP contribution in [-0.4, -0.2) is 4.57 Å². The number of benzene rings is 1. The normalized spacial score (nSPS) is 11.2. The van der Waals surface area contributed by atoms with Crippen LogP contribution in [0, 0.1) is 0 Å². The maximum absolute atomic E-state index is 5.85. The highest BCUT2D eigenvalue weighted by atomic mass is 79.9. The fourth-order valence-electron chi connectivity index (χ4n) is 2.20. The smallest absolute Gasteiger partial charge is 0.0584 e. The molecule has 3 rings (SSSR count). The molecule has 0 unspecified atom stereocenters. The van der Waals surface area contributed by atoms with E-state index in [1.807, 2.05) is 0 Å². The number of hydrogen-bond acceptors (Lipinski definition) is 2. The number of nitrogens with zero attached hydrogens (tertiary/aromatic N) is 1. The largest absolute Gasteiger partial charge is 0.338 e. The Kier molecular flexibility index (Phi) is 3.24. The molecule has 92 valence electrons. The lowest BCUT2D eigenvalue weighted by molar-refractivity contribution is 0.775. The minimum Gasteiger partial charge on any atom is -0.338 e. The van der Waals surface area contributed by atoms with Crippen molar-refractivity contribution in [3.63, 3.8) is 0 Å². The van der Waals surface area contributed by atoms with Gasteiger partial charge in [0.1, 0.15) is 0 Å². The summed E-state index contributed by atoms with van der Waals surface area (Å²) in [5, 5.41) is 3.36. The zero-order chi connectivity index (χ0) is 12.5. The summed E-state index contributed by atoms with van der Waals surface area (Å²) in [7, 11) is 0. The molecule has 0 atom stereocenters. The van der Waals surface area contributed by atoms with E-state index in [0.29, 0.717) is 6.54 Å². The van der Waals surface area contributed by atoms with Crippen molar-refractivity contribution in [2.45, 2.75) is 13.1 Å². The summed E-state index contributed by atoms with van der Waals surface area (Å²) in [6.45, 7) is 1.44. The molecule has 0 bridgehead atoms. The molecular weight excluding hydrogens is 308 g/mol. The maximum atomic E-state index is 5.85. The number of nitrogens with two attached hydrogens (primary N) is 1. The molecule has 1 aromatic carbocycles. The van der Waals surface area contributed by atoms with Gasteiger partial charge in [0.05, 0.1) is 6.54 Å². The van der Waals surface area contributed by atoms with Crippen LogP contribution in [0.2, 0.25) is 0 Å². The van der Waals surface area contributed by atoms with Crippen LogP contribution in [0.15, 0.2) is 46.3 Å². The van der Waals surface area contributed by atoms with Gasteiger partial charge in [-0.25, -0.2) is 0 Å². The lowest BCUT2D eigenvalue weighted by atomic mass is 10.2. The fraction of sp³-hybridized carbons (Fsp3) is 0.143. The molecule has 4 heteroatoms. The monoisotopic (exact) mass is 320 g/mol. The first-order chi connectivity index (χ1) is 8.79. The van der Waals surface area contributed by atoms with Crippen molar-refractivity contribution in [3.05, 3.63) is 56.8 Å². The highest BCUT2D eigenvalue weighted by Crippen LogP contribution is 2.27. The average Bonchev–Trinajstić information content (AvgIpc) is 2.95. The van der Waals surface area contributed by atoms with Crippen LogP contribution in [0.1, 0.15) is 10.6 Å². The SMILES string of the molecule is NCc1cc2ccccc2n1Cc1sccc1Br. The Morgan fingerprint density at radius 3 is 2.78 bits per heavy atom. The van der Waals surface area contributed by atoms with Crippen molar-refractivity contribution in [2.75, 3.05) is 0 Å². The van der Waals surface area contributed by atoms with E-state index in [4.69, 9.17) is 5.73 Å². The predicted octanol–water partition coefficient (Wildman–Crippen LogP) is 3.97. The summed E-state index contributed by atoms with van der Waals surface area (Å²) in [6, 6.07) is 12.7. The summed E-state index contributed by atoms with van der Waals surface area (Å²) in [4.78, 5) is 1.33. The Morgan fingerprint density at radius 1 is 1.22 bits per heavy atom. The van der Waals surface area contributed by atoms with Crippen molar-refractivity contribution in [1.29, 1.82) is 0 Å². The number of thiophene rings is 1. The van der Waals surface area contributed by atoms with Crippen molar-refractivity contribution in [1.82, 2.24) is 4.57 Å². The van der Waals surface area contributed by atoms with E-state index in [9.17, 15) is 0 Å². The first-order valence-electron chi connectivity index (χ1n) is 5.78. The van der Waals surface area contributed by atoms with E-state index < -0.39 is 0 Å². The molecule has 2 heterocycles. The van der Waals surface area contributed by atoms with E-state index in [1.54, 1.807) is 11.3 Å². The Labute approximate surface area is 118 Å². The van der Waals surface area contributed by atoms with Gasteiger partial charge in [-0.1, -0.05) is 18.2 Å². The molecule has 0 saturated carbocycles. The molecule has 2 N–H and O–H groups in total. The summed E-state index contributed by atoms with van der Waals surface area (Å²) >= 11 is 5.36. The number of fused-ring (bicyclic) bond motifs is 1. The van der Waals surface area contributed by atoms with Crippen molar-refractivity contribution < 1.29 is 0 Å². The summed E-state index contributed by atoms with van der Waals surface area (Å²) in [5.41, 5.74) is 8.28. The Morgan fingerprint density at radius 2 is 2.06 bits per heavy atom. The lowest BCUT2D eigenvalue weighted by Crippen LogP contribution is -2.07. The van der Waals surface area contributed by atoms with Gasteiger partial charge in [0.2, 0.25) is 0 Å². The third-order valence-electron chi connectivity index (χ3n) is 3.10. The molecule has 0 aliphatic heterocycles. The van der Waals surface area contributed by atoms with Gasteiger partial charge in [-0.05, 0) is 44.9 Å². The van der Waals surface area contributed by atoms with Gasteiger partial charge < -0.3 is 10.3 Å². The minimum absolute atomic E-state index is 0.567. The van der Waals surface area contributed by atoms with Crippen LogP contribution >= 0.6 is 27.3 Å². The third kappa shape index (κ3) is 2.00. The van der Waals surface area contributed by atoms with Crippen LogP contribution in [0.3, 0.4) is 0 Å². The molecule has 0 fully saturated rings. The van der Waals surface area contributed by atoms with Gasteiger partial charge in [-0.3, -0.25) is 0 Å². The van der Waals surface area contributed by atoms with Crippen molar-refractivity contribution in [2.24, 2.45) is 5.73 Å². The van der Waals surface area contributed by atoms with E-state index in [-0.39, 0.29) is 0 Å². The number of aromatic nitrogens is 1. The van der Waals surface area contributed by atoms with E-state index in [1.165, 1.54) is 25.9 Å². The molecule has 0 saturated heterocycles. The number of hydrogen-bond donors (Lipinski definition) is 1. The van der Waals surface area contributed by atoms with E-state index >= 15 is 0 Å². The molecule has 2 aromatic heterocycles. The number of para-hydroxylation sites is 1. The summed E-state index contributed by atoms with van der Waals surface area (Å²) < 4.78 is 3.47. The van der Waals surface area contributed by atoms with Gasteiger partial charge in [0.25, 0.3) is 0 Å². The summed E-state index contributed by atoms with van der Waals surface area (Å²) in [5.74, 6) is 0. The van der Waals surface area contributed by atoms with Crippen LogP contribution in [0.4, 0.5) is 0 Å². The highest BCUT2D eigenvalue weighted by Gasteiger charge is 2.09. The molecule has 3 aromatic rings. The lowest BCUT2D eigenvalue weighted by Gasteiger charge is -2.08. The van der Waals surface area contributed by atoms with Gasteiger partial charge in [0, 0.05) is 27.1 Å². The van der Waals surface area contributed by atoms with Crippen LogP contribution in [0.5, 0.6) is 0 Å². The maximum Gasteiger partial charge on any atom is 0.0584 e. The van der Waals surface area contributed by atoms with Gasteiger partial charge >= 0.3 is 0 Å². The predicted molar refractivity (Wildman–Crippen MR) is 81.0 cm³/mol. The molecular formula is C14H13BrN2S. The quantitative estimate of drug-likeness (QED) is 0.777. The Balaban J connectivity index is 2.12. The highest BCUT2D eigenvalue weighted by molar-refractivity contribution is 9.10. The van der Waals surface area contributed by atoms with E-state index in [0.717, 1.165) is 6.54 Å². The van der Waals surface area contributed by atoms with Gasteiger partial charge in [-0.15, -0.1) is 11.3 Å². The first kappa shape index (κ1) is 12.0. The van der Waals surface area contributed by atoms with E-state index in [2.05, 4.69) is 62.3 Å². The summed E-state index contributed by atoms with van der Waals surface area (Å²) in [6.07, 6.45) is 0. The number of halogens is 1. The van der Waals surface area contributed by atoms with Crippen LogP contribution in [0.25, 0.3) is 10.9 Å². The molecule has 0 aliphatic rings. The Hall–Kier alpha value is -1.10. The van der Waals surface area contributed by atoms with Crippen LogP contribution < -0.4 is 5.73 Å². The topological polar surface area (TPSA) is 30.9 Å².